The first-order valence-electron chi connectivity index (χ1n) is 3.61. The summed E-state index contributed by atoms with van der Waals surface area (Å²) in [6, 6.07) is 0. The van der Waals surface area contributed by atoms with Crippen molar-refractivity contribution in [1.29, 1.82) is 0 Å². The summed E-state index contributed by atoms with van der Waals surface area (Å²) in [5.74, 6) is 0.555. The van der Waals surface area contributed by atoms with Crippen molar-refractivity contribution in [3.63, 3.8) is 0 Å². The number of rotatable bonds is 1. The molecule has 0 aromatic carbocycles. The van der Waals surface area contributed by atoms with Crippen LogP contribution in [0.25, 0.3) is 0 Å². The second kappa shape index (κ2) is 2.95. The third kappa shape index (κ3) is 1.53. The van der Waals surface area contributed by atoms with Gasteiger partial charge in [0.05, 0.1) is 19.1 Å². The lowest BCUT2D eigenvalue weighted by atomic mass is 10.0. The molecule has 0 unspecified atom stereocenters. The Kier molecular flexibility index (Phi) is 2.17. The molecule has 0 spiro atoms. The molecule has 0 bridgehead atoms. The van der Waals surface area contributed by atoms with Crippen LogP contribution in [-0.2, 0) is 14.3 Å². The van der Waals surface area contributed by atoms with Crippen LogP contribution in [-0.4, -0.2) is 19.2 Å². The van der Waals surface area contributed by atoms with E-state index in [2.05, 4.69) is 0 Å². The minimum atomic E-state index is -0.313. The van der Waals surface area contributed by atoms with Gasteiger partial charge in [-0.05, 0) is 6.92 Å². The zero-order chi connectivity index (χ0) is 8.43. The van der Waals surface area contributed by atoms with Gasteiger partial charge in [-0.3, -0.25) is 0 Å². The van der Waals surface area contributed by atoms with Crippen molar-refractivity contribution < 1.29 is 14.3 Å². The van der Waals surface area contributed by atoms with Crippen molar-refractivity contribution in [1.82, 2.24) is 0 Å². The Morgan fingerprint density at radius 3 is 2.73 bits per heavy atom. The van der Waals surface area contributed by atoms with E-state index in [1.54, 1.807) is 7.11 Å². The summed E-state index contributed by atoms with van der Waals surface area (Å²) in [7, 11) is 1.56. The molecule has 0 fully saturated rings. The van der Waals surface area contributed by atoms with Crippen molar-refractivity contribution in [3.8, 4) is 0 Å². The maximum Gasteiger partial charge on any atom is 0.334 e. The van der Waals surface area contributed by atoms with Gasteiger partial charge in [0.25, 0.3) is 0 Å². The fourth-order valence-corrected chi connectivity index (χ4v) is 1.04. The second-order valence-corrected chi connectivity index (χ2v) is 2.68. The lowest BCUT2D eigenvalue weighted by Crippen LogP contribution is -2.28. The predicted octanol–water partition coefficient (Wildman–Crippen LogP) is 1.10. The lowest BCUT2D eigenvalue weighted by molar-refractivity contribution is -0.146. The Balaban J connectivity index is 2.81. The largest absolute Gasteiger partial charge is 0.500 e. The normalized spacial score (nSPS) is 30.8. The average molecular weight is 156 g/mol. The van der Waals surface area contributed by atoms with Crippen LogP contribution in [0.1, 0.15) is 13.8 Å². The number of cyclic esters (lactones) is 1. The fourth-order valence-electron chi connectivity index (χ4n) is 1.04. The van der Waals surface area contributed by atoms with Crippen LogP contribution < -0.4 is 0 Å². The summed E-state index contributed by atoms with van der Waals surface area (Å²) in [6.07, 6.45) is 1.31. The molecule has 0 aromatic heterocycles. The Bertz CT molecular complexity index is 196. The Hall–Kier alpha value is -0.990. The van der Waals surface area contributed by atoms with Gasteiger partial charge in [0.2, 0.25) is 0 Å². The third-order valence-corrected chi connectivity index (χ3v) is 1.95. The van der Waals surface area contributed by atoms with Gasteiger partial charge in [0.15, 0.2) is 0 Å². The van der Waals surface area contributed by atoms with Gasteiger partial charge in [0.1, 0.15) is 11.9 Å². The number of hydrogen-bond acceptors (Lipinski definition) is 3. The number of esters is 1. The molecular formula is C8H12O3. The molecule has 0 saturated heterocycles. The standard InChI is InChI=1S/C8H12O3/c1-5-6(2)11-8(9)4-7(5)10-3/h4-6H,1-3H3/t5-,6-/m0/s1. The minimum Gasteiger partial charge on any atom is -0.500 e. The lowest BCUT2D eigenvalue weighted by Gasteiger charge is -2.25. The van der Waals surface area contributed by atoms with Gasteiger partial charge in [0, 0.05) is 0 Å². The van der Waals surface area contributed by atoms with Crippen molar-refractivity contribution in [2.75, 3.05) is 7.11 Å². The van der Waals surface area contributed by atoms with Crippen LogP contribution in [0, 0.1) is 5.92 Å². The van der Waals surface area contributed by atoms with Gasteiger partial charge in [-0.25, -0.2) is 4.79 Å². The maximum absolute atomic E-state index is 10.8. The molecule has 0 saturated carbocycles. The highest BCUT2D eigenvalue weighted by atomic mass is 16.5. The van der Waals surface area contributed by atoms with E-state index in [1.807, 2.05) is 13.8 Å². The van der Waals surface area contributed by atoms with Gasteiger partial charge in [-0.1, -0.05) is 6.92 Å². The molecule has 0 amide bonds. The molecule has 0 radical (unpaired) electrons. The SMILES string of the molecule is COC1=CC(=O)O[C@@H](C)[C@@H]1C. The number of carbonyl (C=O) groups excluding carboxylic acids is 1. The quantitative estimate of drug-likeness (QED) is 0.533. The number of ether oxygens (including phenoxy) is 2. The summed E-state index contributed by atoms with van der Waals surface area (Å²) in [5, 5.41) is 0. The van der Waals surface area contributed by atoms with E-state index >= 15 is 0 Å². The molecule has 0 aliphatic carbocycles. The van der Waals surface area contributed by atoms with Gasteiger partial charge >= 0.3 is 5.97 Å². The molecule has 1 aliphatic heterocycles. The van der Waals surface area contributed by atoms with Crippen molar-refractivity contribution >= 4 is 5.97 Å². The topological polar surface area (TPSA) is 35.5 Å². The average Bonchev–Trinajstić information content (AvgIpc) is 1.96. The molecule has 1 rings (SSSR count). The molecular weight excluding hydrogens is 144 g/mol. The van der Waals surface area contributed by atoms with Crippen molar-refractivity contribution in [2.45, 2.75) is 20.0 Å². The van der Waals surface area contributed by atoms with Gasteiger partial charge < -0.3 is 9.47 Å². The predicted molar refractivity (Wildman–Crippen MR) is 39.8 cm³/mol. The molecule has 11 heavy (non-hydrogen) atoms. The molecule has 1 heterocycles. The first-order valence-corrected chi connectivity index (χ1v) is 3.61. The summed E-state index contributed by atoms with van der Waals surface area (Å²) < 4.78 is 9.94. The van der Waals surface area contributed by atoms with Crippen molar-refractivity contribution in [2.24, 2.45) is 5.92 Å². The fraction of sp³-hybridized carbons (Fsp3) is 0.625. The minimum absolute atomic E-state index is 0.0811. The number of carbonyl (C=O) groups is 1. The number of methoxy groups -OCH3 is 1. The second-order valence-electron chi connectivity index (χ2n) is 2.68. The maximum atomic E-state index is 10.8. The summed E-state index contributed by atoms with van der Waals surface area (Å²) in [5.41, 5.74) is 0. The van der Waals surface area contributed by atoms with Crippen LogP contribution in [0.5, 0.6) is 0 Å². The van der Waals surface area contributed by atoms with Crippen molar-refractivity contribution in [3.05, 3.63) is 11.8 Å². The van der Waals surface area contributed by atoms with E-state index in [1.165, 1.54) is 6.08 Å². The van der Waals surface area contributed by atoms with Crippen LogP contribution in [0.3, 0.4) is 0 Å². The van der Waals surface area contributed by atoms with E-state index in [9.17, 15) is 4.79 Å². The summed E-state index contributed by atoms with van der Waals surface area (Å²) >= 11 is 0. The molecule has 0 aromatic rings. The van der Waals surface area contributed by atoms with E-state index < -0.39 is 0 Å². The van der Waals surface area contributed by atoms with Gasteiger partial charge in [-0.15, -0.1) is 0 Å². The smallest absolute Gasteiger partial charge is 0.334 e. The Labute approximate surface area is 66.0 Å². The Morgan fingerprint density at radius 1 is 1.55 bits per heavy atom. The molecule has 3 nitrogen and oxygen atoms in total. The molecule has 62 valence electrons. The highest BCUT2D eigenvalue weighted by Crippen LogP contribution is 2.22. The molecule has 2 atom stereocenters. The highest BCUT2D eigenvalue weighted by Gasteiger charge is 2.26. The first kappa shape index (κ1) is 8.11. The zero-order valence-electron chi connectivity index (χ0n) is 6.96. The third-order valence-electron chi connectivity index (χ3n) is 1.95. The van der Waals surface area contributed by atoms with E-state index in [0.717, 1.165) is 0 Å². The first-order chi connectivity index (χ1) is 5.15. The number of hydrogen-bond donors (Lipinski definition) is 0. The van der Waals surface area contributed by atoms with Gasteiger partial charge in [-0.2, -0.15) is 0 Å². The molecule has 0 N–H and O–H groups in total. The molecule has 1 aliphatic rings. The van der Waals surface area contributed by atoms with E-state index in [0.29, 0.717) is 5.76 Å². The Morgan fingerprint density at radius 2 is 2.18 bits per heavy atom. The van der Waals surface area contributed by atoms with E-state index in [4.69, 9.17) is 9.47 Å². The van der Waals surface area contributed by atoms with E-state index in [-0.39, 0.29) is 18.0 Å². The summed E-state index contributed by atoms with van der Waals surface area (Å²) in [6.45, 7) is 3.82. The van der Waals surface area contributed by atoms with Crippen LogP contribution in [0.4, 0.5) is 0 Å². The van der Waals surface area contributed by atoms with Crippen LogP contribution in [0.2, 0.25) is 0 Å². The van der Waals surface area contributed by atoms with Crippen LogP contribution >= 0.6 is 0 Å². The van der Waals surface area contributed by atoms with Crippen LogP contribution in [0.15, 0.2) is 11.8 Å². The monoisotopic (exact) mass is 156 g/mol. The highest BCUT2D eigenvalue weighted by molar-refractivity contribution is 5.83. The molecule has 3 heteroatoms. The summed E-state index contributed by atoms with van der Waals surface area (Å²) in [4.78, 5) is 10.8. The zero-order valence-corrected chi connectivity index (χ0v) is 6.96.